The Morgan fingerprint density at radius 1 is 1.25 bits per heavy atom. The van der Waals surface area contributed by atoms with Gasteiger partial charge >= 0.3 is 0 Å². The Hall–Kier alpha value is -2.08. The van der Waals surface area contributed by atoms with Gasteiger partial charge in [0.05, 0.1) is 11.8 Å². The average Bonchev–Trinajstić information content (AvgIpc) is 2.96. The summed E-state index contributed by atoms with van der Waals surface area (Å²) in [6.07, 6.45) is 1.78. The third kappa shape index (κ3) is 1.92. The van der Waals surface area contributed by atoms with Gasteiger partial charge in [0, 0.05) is 28.3 Å². The molecule has 102 valence electrons. The van der Waals surface area contributed by atoms with Crippen LogP contribution in [-0.4, -0.2) is 20.0 Å². The van der Waals surface area contributed by atoms with Crippen molar-refractivity contribution in [3.63, 3.8) is 0 Å². The molecule has 0 spiro atoms. The van der Waals surface area contributed by atoms with Gasteiger partial charge in [-0.05, 0) is 13.0 Å². The zero-order chi connectivity index (χ0) is 14.3. The number of nitrogens with two attached hydrogens (primary N) is 1. The fourth-order valence-corrected chi connectivity index (χ4v) is 2.73. The third-order valence-electron chi connectivity index (χ3n) is 3.32. The Morgan fingerprint density at radius 2 is 2.00 bits per heavy atom. The molecular weight excluding hydrogens is 318 g/mol. The SMILES string of the molecule is Cc1[nH]ncc1-c1nn(C)c(N)c1-c1ccccc1Br. The van der Waals surface area contributed by atoms with Crippen molar-refractivity contribution in [1.29, 1.82) is 0 Å². The molecule has 1 aromatic carbocycles. The number of aromatic nitrogens is 4. The van der Waals surface area contributed by atoms with E-state index in [9.17, 15) is 0 Å². The van der Waals surface area contributed by atoms with Crippen LogP contribution in [0.2, 0.25) is 0 Å². The van der Waals surface area contributed by atoms with Crippen LogP contribution in [-0.2, 0) is 7.05 Å². The lowest BCUT2D eigenvalue weighted by atomic mass is 10.0. The molecule has 6 heteroatoms. The van der Waals surface area contributed by atoms with E-state index in [1.54, 1.807) is 10.9 Å². The number of nitrogens with zero attached hydrogens (tertiary/aromatic N) is 3. The zero-order valence-corrected chi connectivity index (χ0v) is 12.8. The van der Waals surface area contributed by atoms with Crippen LogP contribution in [0, 0.1) is 6.92 Å². The molecule has 0 fully saturated rings. The van der Waals surface area contributed by atoms with E-state index in [1.807, 2.05) is 38.2 Å². The monoisotopic (exact) mass is 331 g/mol. The summed E-state index contributed by atoms with van der Waals surface area (Å²) >= 11 is 3.58. The van der Waals surface area contributed by atoms with Gasteiger partial charge < -0.3 is 5.73 Å². The first-order valence-corrected chi connectivity index (χ1v) is 6.96. The van der Waals surface area contributed by atoms with E-state index in [-0.39, 0.29) is 0 Å². The fourth-order valence-electron chi connectivity index (χ4n) is 2.24. The molecule has 0 saturated carbocycles. The van der Waals surface area contributed by atoms with Crippen molar-refractivity contribution in [2.45, 2.75) is 6.92 Å². The maximum Gasteiger partial charge on any atom is 0.129 e. The molecule has 3 N–H and O–H groups in total. The van der Waals surface area contributed by atoms with Crippen LogP contribution in [0.4, 0.5) is 5.82 Å². The highest BCUT2D eigenvalue weighted by atomic mass is 79.9. The van der Waals surface area contributed by atoms with Gasteiger partial charge in [-0.1, -0.05) is 34.1 Å². The summed E-state index contributed by atoms with van der Waals surface area (Å²) in [6, 6.07) is 7.98. The number of aromatic amines is 1. The van der Waals surface area contributed by atoms with Gasteiger partial charge in [0.1, 0.15) is 11.5 Å². The second-order valence-electron chi connectivity index (χ2n) is 4.62. The van der Waals surface area contributed by atoms with Crippen LogP contribution in [0.5, 0.6) is 0 Å². The molecule has 0 unspecified atom stereocenters. The van der Waals surface area contributed by atoms with E-state index in [1.165, 1.54) is 0 Å². The molecule has 20 heavy (non-hydrogen) atoms. The van der Waals surface area contributed by atoms with Gasteiger partial charge in [-0.3, -0.25) is 9.78 Å². The number of nitrogen functional groups attached to an aromatic ring is 1. The third-order valence-corrected chi connectivity index (χ3v) is 4.01. The topological polar surface area (TPSA) is 72.5 Å². The fraction of sp³-hybridized carbons (Fsp3) is 0.143. The minimum absolute atomic E-state index is 0.632. The highest BCUT2D eigenvalue weighted by Crippen LogP contribution is 2.39. The van der Waals surface area contributed by atoms with Crippen molar-refractivity contribution in [2.75, 3.05) is 5.73 Å². The molecule has 0 aliphatic rings. The lowest BCUT2D eigenvalue weighted by Crippen LogP contribution is -1.98. The molecule has 0 amide bonds. The Kier molecular flexibility index (Phi) is 3.10. The quantitative estimate of drug-likeness (QED) is 0.757. The Bertz CT molecular complexity index is 772. The first-order valence-electron chi connectivity index (χ1n) is 6.17. The van der Waals surface area contributed by atoms with Crippen molar-refractivity contribution < 1.29 is 0 Å². The number of anilines is 1. The van der Waals surface area contributed by atoms with Gasteiger partial charge in [-0.25, -0.2) is 0 Å². The van der Waals surface area contributed by atoms with Crippen molar-refractivity contribution in [3.05, 3.63) is 40.6 Å². The second kappa shape index (κ2) is 4.79. The standard InChI is InChI=1S/C14H14BrN5/c1-8-10(7-17-18-8)13-12(14(16)20(2)19-13)9-5-3-4-6-11(9)15/h3-7H,16H2,1-2H3,(H,17,18). The van der Waals surface area contributed by atoms with Crippen LogP contribution >= 0.6 is 15.9 Å². The van der Waals surface area contributed by atoms with Crippen molar-refractivity contribution in [3.8, 4) is 22.4 Å². The molecule has 0 radical (unpaired) electrons. The minimum atomic E-state index is 0.632. The lowest BCUT2D eigenvalue weighted by molar-refractivity contribution is 0.782. The van der Waals surface area contributed by atoms with Crippen molar-refractivity contribution in [1.82, 2.24) is 20.0 Å². The van der Waals surface area contributed by atoms with Gasteiger partial charge in [0.2, 0.25) is 0 Å². The number of hydrogen-bond donors (Lipinski definition) is 2. The molecule has 2 heterocycles. The van der Waals surface area contributed by atoms with E-state index in [4.69, 9.17) is 5.73 Å². The van der Waals surface area contributed by atoms with E-state index in [0.29, 0.717) is 5.82 Å². The van der Waals surface area contributed by atoms with Crippen LogP contribution in [0.15, 0.2) is 34.9 Å². The molecule has 0 atom stereocenters. The number of benzene rings is 1. The Morgan fingerprint density at radius 3 is 2.65 bits per heavy atom. The molecule has 0 saturated heterocycles. The molecule has 0 bridgehead atoms. The van der Waals surface area contributed by atoms with Gasteiger partial charge in [0.25, 0.3) is 0 Å². The second-order valence-corrected chi connectivity index (χ2v) is 5.48. The average molecular weight is 332 g/mol. The largest absolute Gasteiger partial charge is 0.383 e. The number of rotatable bonds is 2. The summed E-state index contributed by atoms with van der Waals surface area (Å²) in [7, 11) is 1.84. The highest BCUT2D eigenvalue weighted by molar-refractivity contribution is 9.10. The van der Waals surface area contributed by atoms with Crippen LogP contribution in [0.1, 0.15) is 5.69 Å². The zero-order valence-electron chi connectivity index (χ0n) is 11.2. The van der Waals surface area contributed by atoms with Gasteiger partial charge in [0.15, 0.2) is 0 Å². The first-order chi connectivity index (χ1) is 9.59. The molecule has 3 aromatic rings. The summed E-state index contributed by atoms with van der Waals surface area (Å²) in [5, 5.41) is 11.5. The number of aryl methyl sites for hydroxylation is 2. The molecule has 0 aliphatic carbocycles. The van der Waals surface area contributed by atoms with Gasteiger partial charge in [-0.15, -0.1) is 0 Å². The lowest BCUT2D eigenvalue weighted by Gasteiger charge is -2.06. The van der Waals surface area contributed by atoms with E-state index < -0.39 is 0 Å². The molecular formula is C14H14BrN5. The summed E-state index contributed by atoms with van der Waals surface area (Å²) in [4.78, 5) is 0. The number of halogens is 1. The highest BCUT2D eigenvalue weighted by Gasteiger charge is 2.20. The summed E-state index contributed by atoms with van der Waals surface area (Å²) in [5.74, 6) is 0.632. The number of hydrogen-bond acceptors (Lipinski definition) is 3. The van der Waals surface area contributed by atoms with E-state index in [2.05, 4.69) is 31.2 Å². The van der Waals surface area contributed by atoms with E-state index >= 15 is 0 Å². The summed E-state index contributed by atoms with van der Waals surface area (Å²) in [5.41, 5.74) is 10.9. The maximum absolute atomic E-state index is 6.21. The predicted molar refractivity (Wildman–Crippen MR) is 83.1 cm³/mol. The van der Waals surface area contributed by atoms with Crippen LogP contribution in [0.3, 0.4) is 0 Å². The molecule has 0 aliphatic heterocycles. The van der Waals surface area contributed by atoms with Crippen LogP contribution < -0.4 is 5.73 Å². The molecule has 3 rings (SSSR count). The smallest absolute Gasteiger partial charge is 0.129 e. The Balaban J connectivity index is 2.31. The van der Waals surface area contributed by atoms with E-state index in [0.717, 1.165) is 32.6 Å². The van der Waals surface area contributed by atoms with Crippen molar-refractivity contribution >= 4 is 21.7 Å². The molecule has 2 aromatic heterocycles. The first kappa shape index (κ1) is 12.9. The number of H-pyrrole nitrogens is 1. The molecule has 5 nitrogen and oxygen atoms in total. The predicted octanol–water partition coefficient (Wildman–Crippen LogP) is 3.13. The summed E-state index contributed by atoms with van der Waals surface area (Å²) < 4.78 is 2.68. The minimum Gasteiger partial charge on any atom is -0.383 e. The Labute approximate surface area is 124 Å². The summed E-state index contributed by atoms with van der Waals surface area (Å²) in [6.45, 7) is 1.97. The van der Waals surface area contributed by atoms with Crippen molar-refractivity contribution in [2.24, 2.45) is 7.05 Å². The normalized spacial score (nSPS) is 10.9. The number of nitrogens with one attached hydrogen (secondary N) is 1. The van der Waals surface area contributed by atoms with Gasteiger partial charge in [-0.2, -0.15) is 10.2 Å². The maximum atomic E-state index is 6.21. The van der Waals surface area contributed by atoms with Crippen LogP contribution in [0.25, 0.3) is 22.4 Å².